The van der Waals surface area contributed by atoms with Crippen LogP contribution in [0.5, 0.6) is 11.5 Å². The molecule has 0 atom stereocenters. The number of ether oxygens (including phenoxy) is 1. The maximum Gasteiger partial charge on any atom is 0.259 e. The average molecular weight is 394 g/mol. The fraction of sp³-hybridized carbons (Fsp3) is 0.0400. The lowest BCUT2D eigenvalue weighted by atomic mass is 10.1. The van der Waals surface area contributed by atoms with Gasteiger partial charge in [0.2, 0.25) is 5.91 Å². The Kier molecular flexibility index (Phi) is 4.41. The zero-order valence-electron chi connectivity index (χ0n) is 16.0. The van der Waals surface area contributed by atoms with E-state index in [-0.39, 0.29) is 18.4 Å². The Hall–Kier alpha value is -4.12. The van der Waals surface area contributed by atoms with Crippen molar-refractivity contribution >= 4 is 34.0 Å². The van der Waals surface area contributed by atoms with Crippen LogP contribution in [0.15, 0.2) is 91.0 Å². The quantitative estimate of drug-likeness (QED) is 0.504. The lowest BCUT2D eigenvalue weighted by molar-refractivity contribution is -0.114. The van der Waals surface area contributed by atoms with Crippen LogP contribution < -0.4 is 15.0 Å². The summed E-state index contributed by atoms with van der Waals surface area (Å²) in [6.45, 7) is -0.0591. The summed E-state index contributed by atoms with van der Waals surface area (Å²) in [7, 11) is 0. The minimum atomic E-state index is -0.273. The first-order valence-electron chi connectivity index (χ1n) is 9.65. The number of rotatable bonds is 5. The van der Waals surface area contributed by atoms with Gasteiger partial charge in [-0.2, -0.15) is 0 Å². The maximum absolute atomic E-state index is 12.8. The third-order valence-electron chi connectivity index (χ3n) is 5.05. The van der Waals surface area contributed by atoms with E-state index < -0.39 is 0 Å². The van der Waals surface area contributed by atoms with Crippen molar-refractivity contribution in [3.05, 3.63) is 96.6 Å². The second kappa shape index (κ2) is 7.37. The number of hydrogen-bond donors (Lipinski definition) is 1. The lowest BCUT2D eigenvalue weighted by Gasteiger charge is -2.17. The molecular formula is C25H18N2O3. The van der Waals surface area contributed by atoms with Gasteiger partial charge in [0.25, 0.3) is 5.91 Å². The first-order chi connectivity index (χ1) is 14.7. The number of para-hydroxylation sites is 1. The van der Waals surface area contributed by atoms with Gasteiger partial charge in [0, 0.05) is 22.7 Å². The highest BCUT2D eigenvalue weighted by Gasteiger charge is 2.30. The topological polar surface area (TPSA) is 58.6 Å². The molecule has 30 heavy (non-hydrogen) atoms. The van der Waals surface area contributed by atoms with Gasteiger partial charge in [0.15, 0.2) is 0 Å². The smallest absolute Gasteiger partial charge is 0.259 e. The van der Waals surface area contributed by atoms with E-state index in [1.807, 2.05) is 72.8 Å². The summed E-state index contributed by atoms with van der Waals surface area (Å²) in [5.41, 5.74) is 2.01. The third kappa shape index (κ3) is 3.26. The van der Waals surface area contributed by atoms with E-state index in [0.29, 0.717) is 17.0 Å². The summed E-state index contributed by atoms with van der Waals surface area (Å²) in [5.74, 6) is 0.908. The third-order valence-corrected chi connectivity index (χ3v) is 5.05. The number of amides is 2. The Balaban J connectivity index is 1.32. The highest BCUT2D eigenvalue weighted by molar-refractivity contribution is 6.26. The van der Waals surface area contributed by atoms with E-state index in [2.05, 4.69) is 5.32 Å². The van der Waals surface area contributed by atoms with Crippen LogP contribution >= 0.6 is 0 Å². The minimum absolute atomic E-state index is 0.0591. The minimum Gasteiger partial charge on any atom is -0.457 e. The van der Waals surface area contributed by atoms with Crippen molar-refractivity contribution in [1.82, 2.24) is 0 Å². The van der Waals surface area contributed by atoms with E-state index >= 15 is 0 Å². The first-order valence-corrected chi connectivity index (χ1v) is 9.65. The molecule has 0 saturated carbocycles. The Morgan fingerprint density at radius 1 is 0.833 bits per heavy atom. The zero-order chi connectivity index (χ0) is 20.5. The molecule has 0 radical (unpaired) electrons. The lowest BCUT2D eigenvalue weighted by Crippen LogP contribution is -2.35. The molecule has 4 aromatic rings. The van der Waals surface area contributed by atoms with Crippen molar-refractivity contribution in [2.24, 2.45) is 0 Å². The van der Waals surface area contributed by atoms with Crippen LogP contribution in [-0.2, 0) is 4.79 Å². The van der Waals surface area contributed by atoms with Crippen LogP contribution in [0.3, 0.4) is 0 Å². The van der Waals surface area contributed by atoms with Crippen LogP contribution in [0, 0.1) is 0 Å². The molecule has 1 heterocycles. The van der Waals surface area contributed by atoms with Crippen LogP contribution in [-0.4, -0.2) is 18.4 Å². The molecule has 1 aliphatic rings. The predicted octanol–water partition coefficient (Wildman–Crippen LogP) is 5.23. The normalized spacial score (nSPS) is 12.3. The predicted molar refractivity (Wildman–Crippen MR) is 117 cm³/mol. The first kappa shape index (κ1) is 17.9. The van der Waals surface area contributed by atoms with E-state index in [1.54, 1.807) is 18.2 Å². The number of nitrogens with one attached hydrogen (secondary N) is 1. The van der Waals surface area contributed by atoms with Crippen molar-refractivity contribution in [2.75, 3.05) is 16.8 Å². The van der Waals surface area contributed by atoms with Crippen LogP contribution in [0.25, 0.3) is 10.8 Å². The van der Waals surface area contributed by atoms with Gasteiger partial charge < -0.3 is 10.1 Å². The second-order valence-electron chi connectivity index (χ2n) is 7.06. The van der Waals surface area contributed by atoms with Crippen molar-refractivity contribution < 1.29 is 14.3 Å². The largest absolute Gasteiger partial charge is 0.457 e. The molecule has 5 nitrogen and oxygen atoms in total. The summed E-state index contributed by atoms with van der Waals surface area (Å²) >= 11 is 0. The molecule has 0 fully saturated rings. The van der Waals surface area contributed by atoms with Gasteiger partial charge in [-0.3, -0.25) is 14.5 Å². The molecule has 5 heteroatoms. The fourth-order valence-electron chi connectivity index (χ4n) is 3.74. The molecule has 1 aliphatic heterocycles. The summed E-state index contributed by atoms with van der Waals surface area (Å²) in [6.07, 6.45) is 0. The molecular weight excluding hydrogens is 376 g/mol. The highest BCUT2D eigenvalue weighted by atomic mass is 16.5. The van der Waals surface area contributed by atoms with E-state index in [0.717, 1.165) is 22.2 Å². The molecule has 0 aliphatic carbocycles. The standard InChI is InChI=1S/C25H18N2O3/c28-23(26-18-9-6-12-20(15-18)30-19-10-2-1-3-11-19)16-27-22-14-5-8-17-7-4-13-21(24(17)22)25(27)29/h1-15H,16H2,(H,26,28). The highest BCUT2D eigenvalue weighted by Crippen LogP contribution is 2.37. The summed E-state index contributed by atoms with van der Waals surface area (Å²) in [5, 5.41) is 4.75. The van der Waals surface area contributed by atoms with Crippen molar-refractivity contribution in [3.63, 3.8) is 0 Å². The number of benzene rings is 4. The molecule has 4 aromatic carbocycles. The SMILES string of the molecule is O=C(CN1C(=O)c2cccc3cccc1c23)Nc1cccc(Oc2ccccc2)c1. The average Bonchev–Trinajstić information content (AvgIpc) is 3.03. The molecule has 0 aromatic heterocycles. The van der Waals surface area contributed by atoms with Gasteiger partial charge in [-0.25, -0.2) is 0 Å². The van der Waals surface area contributed by atoms with Gasteiger partial charge >= 0.3 is 0 Å². The molecule has 0 unspecified atom stereocenters. The fourth-order valence-corrected chi connectivity index (χ4v) is 3.74. The van der Waals surface area contributed by atoms with Gasteiger partial charge in [0.1, 0.15) is 18.0 Å². The molecule has 1 N–H and O–H groups in total. The van der Waals surface area contributed by atoms with Crippen LogP contribution in [0.2, 0.25) is 0 Å². The van der Waals surface area contributed by atoms with Crippen LogP contribution in [0.1, 0.15) is 10.4 Å². The molecule has 0 saturated heterocycles. The number of hydrogen-bond acceptors (Lipinski definition) is 3. The molecule has 0 spiro atoms. The van der Waals surface area contributed by atoms with Crippen molar-refractivity contribution in [3.8, 4) is 11.5 Å². The monoisotopic (exact) mass is 394 g/mol. The number of carbonyl (C=O) groups is 2. The van der Waals surface area contributed by atoms with Crippen LogP contribution in [0.4, 0.5) is 11.4 Å². The van der Waals surface area contributed by atoms with Gasteiger partial charge in [-0.1, -0.05) is 48.5 Å². The van der Waals surface area contributed by atoms with Crippen molar-refractivity contribution in [1.29, 1.82) is 0 Å². The van der Waals surface area contributed by atoms with Crippen molar-refractivity contribution in [2.45, 2.75) is 0 Å². The maximum atomic E-state index is 12.8. The van der Waals surface area contributed by atoms with E-state index in [9.17, 15) is 9.59 Å². The Morgan fingerprint density at radius 3 is 2.40 bits per heavy atom. The summed E-state index contributed by atoms with van der Waals surface area (Å²) in [4.78, 5) is 27.1. The molecule has 2 amide bonds. The second-order valence-corrected chi connectivity index (χ2v) is 7.06. The number of anilines is 2. The molecule has 0 bridgehead atoms. The summed E-state index contributed by atoms with van der Waals surface area (Å²) < 4.78 is 5.82. The number of nitrogens with zero attached hydrogens (tertiary/aromatic N) is 1. The number of carbonyl (C=O) groups excluding carboxylic acids is 2. The van der Waals surface area contributed by atoms with Gasteiger partial charge in [-0.15, -0.1) is 0 Å². The Morgan fingerprint density at radius 2 is 1.57 bits per heavy atom. The summed E-state index contributed by atoms with van der Waals surface area (Å²) in [6, 6.07) is 28.0. The van der Waals surface area contributed by atoms with Gasteiger partial charge in [0.05, 0.1) is 5.69 Å². The Bertz CT molecular complexity index is 1260. The Labute approximate surface area is 173 Å². The molecule has 5 rings (SSSR count). The molecule has 146 valence electrons. The zero-order valence-corrected chi connectivity index (χ0v) is 16.0. The van der Waals surface area contributed by atoms with E-state index in [1.165, 1.54) is 4.90 Å². The van der Waals surface area contributed by atoms with E-state index in [4.69, 9.17) is 4.74 Å². The van der Waals surface area contributed by atoms with Gasteiger partial charge in [-0.05, 0) is 41.8 Å².